The van der Waals surface area contributed by atoms with Crippen LogP contribution in [-0.2, 0) is 31.4 Å². The van der Waals surface area contributed by atoms with E-state index in [0.29, 0.717) is 0 Å². The molecular weight excluding hydrogens is 388 g/mol. The maximum Gasteiger partial charge on any atom is 0.244 e. The fourth-order valence-electron chi connectivity index (χ4n) is 2.91. The van der Waals surface area contributed by atoms with Crippen molar-refractivity contribution in [3.8, 4) is 0 Å². The molecular formula is C18H20N2O5S2. The van der Waals surface area contributed by atoms with Crippen LogP contribution >= 0.6 is 0 Å². The number of amides is 1. The lowest BCUT2D eigenvalue weighted by atomic mass is 10.1. The normalized spacial score (nSPS) is 19.4. The van der Waals surface area contributed by atoms with Gasteiger partial charge < -0.3 is 0 Å². The molecule has 7 nitrogen and oxygen atoms in total. The average molecular weight is 409 g/mol. The highest BCUT2D eigenvalue weighted by molar-refractivity contribution is 7.94. The number of nitrogens with zero attached hydrogens (tertiary/aromatic N) is 1. The first-order valence-corrected chi connectivity index (χ1v) is 11.4. The number of carbonyl (C=O) groups is 1. The van der Waals surface area contributed by atoms with E-state index in [4.69, 9.17) is 0 Å². The van der Waals surface area contributed by atoms with Crippen molar-refractivity contribution in [3.05, 3.63) is 59.7 Å². The lowest BCUT2D eigenvalue weighted by molar-refractivity contribution is -0.119. The molecule has 1 saturated heterocycles. The number of benzene rings is 2. The second-order valence-corrected chi connectivity index (χ2v) is 10.2. The summed E-state index contributed by atoms with van der Waals surface area (Å²) in [4.78, 5) is 12.1. The molecule has 1 N–H and O–H groups in total. The van der Waals surface area contributed by atoms with Crippen LogP contribution in [0.1, 0.15) is 18.1 Å². The van der Waals surface area contributed by atoms with Gasteiger partial charge in [-0.2, -0.15) is 0 Å². The predicted molar refractivity (Wildman–Crippen MR) is 102 cm³/mol. The quantitative estimate of drug-likeness (QED) is 0.813. The van der Waals surface area contributed by atoms with Gasteiger partial charge in [-0.15, -0.1) is 0 Å². The van der Waals surface area contributed by atoms with Gasteiger partial charge >= 0.3 is 0 Å². The molecule has 1 atom stereocenters. The second kappa shape index (κ2) is 7.06. The zero-order valence-corrected chi connectivity index (χ0v) is 16.5. The summed E-state index contributed by atoms with van der Waals surface area (Å²) in [5.74, 6) is -1.37. The summed E-state index contributed by atoms with van der Waals surface area (Å²) in [6.07, 6.45) is 0. The van der Waals surface area contributed by atoms with Crippen LogP contribution in [0, 0.1) is 12.8 Å². The summed E-state index contributed by atoms with van der Waals surface area (Å²) in [6, 6.07) is 12.7. The first-order valence-electron chi connectivity index (χ1n) is 8.33. The molecule has 2 aromatic carbocycles. The van der Waals surface area contributed by atoms with Crippen LogP contribution < -0.4 is 9.03 Å². The zero-order valence-electron chi connectivity index (χ0n) is 14.9. The molecule has 1 amide bonds. The Labute approximate surface area is 159 Å². The number of anilines is 1. The highest BCUT2D eigenvalue weighted by Gasteiger charge is 2.41. The van der Waals surface area contributed by atoms with Crippen LogP contribution in [-0.4, -0.2) is 28.5 Å². The molecule has 0 saturated carbocycles. The molecule has 0 aliphatic carbocycles. The average Bonchev–Trinajstić information content (AvgIpc) is 2.81. The molecule has 3 rings (SSSR count). The summed E-state index contributed by atoms with van der Waals surface area (Å²) >= 11 is 0. The van der Waals surface area contributed by atoms with E-state index < -0.39 is 31.9 Å². The van der Waals surface area contributed by atoms with Gasteiger partial charge in [0.15, 0.2) is 0 Å². The summed E-state index contributed by atoms with van der Waals surface area (Å²) in [6.45, 7) is 3.59. The van der Waals surface area contributed by atoms with Crippen molar-refractivity contribution >= 4 is 31.6 Å². The molecule has 1 aliphatic rings. The molecule has 2 aromatic rings. The predicted octanol–water partition coefficient (Wildman–Crippen LogP) is 1.79. The van der Waals surface area contributed by atoms with E-state index >= 15 is 0 Å². The Hall–Kier alpha value is -2.23. The van der Waals surface area contributed by atoms with E-state index in [0.717, 1.165) is 15.4 Å². The van der Waals surface area contributed by atoms with Crippen molar-refractivity contribution in [2.75, 3.05) is 10.1 Å². The topological polar surface area (TPSA) is 101 Å². The third kappa shape index (κ3) is 3.90. The number of sulfonamides is 2. The van der Waals surface area contributed by atoms with E-state index in [2.05, 4.69) is 4.72 Å². The maximum atomic E-state index is 12.5. The Morgan fingerprint density at radius 3 is 2.30 bits per heavy atom. The molecule has 144 valence electrons. The van der Waals surface area contributed by atoms with Crippen molar-refractivity contribution < 1.29 is 21.6 Å². The molecule has 1 heterocycles. The summed E-state index contributed by atoms with van der Waals surface area (Å²) < 4.78 is 52.5. The molecule has 0 spiro atoms. The first kappa shape index (κ1) is 19.5. The van der Waals surface area contributed by atoms with Crippen LogP contribution in [0.25, 0.3) is 0 Å². The summed E-state index contributed by atoms with van der Waals surface area (Å²) in [5, 5.41) is 0. The number of hydrogen-bond acceptors (Lipinski definition) is 5. The standard InChI is InChI=1S/C18H20N2O5S2/c1-13-5-3-4-6-15(13)11-19-27(24,25)17-9-7-16(8-10-17)20-18(21)14(2)12-26(20,22)23/h3-10,14,19H,11-12H2,1-2H3. The number of rotatable bonds is 5. The Bertz CT molecular complexity index is 1080. The van der Waals surface area contributed by atoms with E-state index in [1.807, 2.05) is 31.2 Å². The number of carbonyl (C=O) groups excluding carboxylic acids is 1. The minimum absolute atomic E-state index is 0.00285. The van der Waals surface area contributed by atoms with Gasteiger partial charge in [0.1, 0.15) is 0 Å². The van der Waals surface area contributed by atoms with Crippen LogP contribution in [0.2, 0.25) is 0 Å². The van der Waals surface area contributed by atoms with Gasteiger partial charge in [-0.1, -0.05) is 31.2 Å². The van der Waals surface area contributed by atoms with Gasteiger partial charge in [-0.3, -0.25) is 4.79 Å². The second-order valence-electron chi connectivity index (χ2n) is 6.53. The van der Waals surface area contributed by atoms with Gasteiger partial charge in [0.25, 0.3) is 0 Å². The third-order valence-corrected chi connectivity index (χ3v) is 7.74. The van der Waals surface area contributed by atoms with Gasteiger partial charge in [0, 0.05) is 6.54 Å². The molecule has 1 fully saturated rings. The molecule has 1 unspecified atom stereocenters. The van der Waals surface area contributed by atoms with Gasteiger partial charge in [0.2, 0.25) is 26.0 Å². The maximum absolute atomic E-state index is 12.5. The third-order valence-electron chi connectivity index (χ3n) is 4.46. The highest BCUT2D eigenvalue weighted by atomic mass is 32.2. The largest absolute Gasteiger partial charge is 0.273 e. The number of hydrogen-bond donors (Lipinski definition) is 1. The number of aryl methyl sites for hydroxylation is 1. The zero-order chi connectivity index (χ0) is 19.8. The Morgan fingerprint density at radius 1 is 1.11 bits per heavy atom. The summed E-state index contributed by atoms with van der Waals surface area (Å²) in [5.41, 5.74) is 1.98. The van der Waals surface area contributed by atoms with E-state index in [-0.39, 0.29) is 22.9 Å². The number of nitrogens with one attached hydrogen (secondary N) is 1. The van der Waals surface area contributed by atoms with Gasteiger partial charge in [-0.25, -0.2) is 25.9 Å². The molecule has 9 heteroatoms. The fourth-order valence-corrected chi connectivity index (χ4v) is 5.74. The summed E-state index contributed by atoms with van der Waals surface area (Å²) in [7, 11) is -7.49. The lowest BCUT2D eigenvalue weighted by Crippen LogP contribution is -2.30. The Balaban J connectivity index is 1.80. The van der Waals surface area contributed by atoms with E-state index in [9.17, 15) is 21.6 Å². The fraction of sp³-hybridized carbons (Fsp3) is 0.278. The Morgan fingerprint density at radius 2 is 1.74 bits per heavy atom. The Kier molecular flexibility index (Phi) is 5.11. The van der Waals surface area contributed by atoms with E-state index in [1.165, 1.54) is 24.3 Å². The van der Waals surface area contributed by atoms with E-state index in [1.54, 1.807) is 6.92 Å². The SMILES string of the molecule is Cc1ccccc1CNS(=O)(=O)c1ccc(N2C(=O)C(C)CS2(=O)=O)cc1. The molecule has 0 aromatic heterocycles. The minimum Gasteiger partial charge on any atom is -0.273 e. The van der Waals surface area contributed by atoms with Crippen molar-refractivity contribution in [3.63, 3.8) is 0 Å². The van der Waals surface area contributed by atoms with Crippen LogP contribution in [0.3, 0.4) is 0 Å². The molecule has 0 bridgehead atoms. The van der Waals surface area contributed by atoms with Gasteiger partial charge in [0.05, 0.1) is 22.3 Å². The minimum atomic E-state index is -3.77. The van der Waals surface area contributed by atoms with Crippen LogP contribution in [0.4, 0.5) is 5.69 Å². The smallest absolute Gasteiger partial charge is 0.244 e. The van der Waals surface area contributed by atoms with Gasteiger partial charge in [-0.05, 0) is 42.3 Å². The monoisotopic (exact) mass is 408 g/mol. The molecule has 1 aliphatic heterocycles. The lowest BCUT2D eigenvalue weighted by Gasteiger charge is -2.16. The van der Waals surface area contributed by atoms with Crippen LogP contribution in [0.5, 0.6) is 0 Å². The van der Waals surface area contributed by atoms with Crippen molar-refractivity contribution in [2.24, 2.45) is 5.92 Å². The van der Waals surface area contributed by atoms with Crippen molar-refractivity contribution in [1.82, 2.24) is 4.72 Å². The first-order chi connectivity index (χ1) is 12.6. The molecule has 0 radical (unpaired) electrons. The molecule has 27 heavy (non-hydrogen) atoms. The highest BCUT2D eigenvalue weighted by Crippen LogP contribution is 2.29. The van der Waals surface area contributed by atoms with Crippen molar-refractivity contribution in [1.29, 1.82) is 0 Å². The van der Waals surface area contributed by atoms with Crippen LogP contribution in [0.15, 0.2) is 53.4 Å². The van der Waals surface area contributed by atoms with Crippen molar-refractivity contribution in [2.45, 2.75) is 25.3 Å².